The maximum atomic E-state index is 13.0. The zero-order valence-electron chi connectivity index (χ0n) is 17.3. The minimum Gasteiger partial charge on any atom is -0.303 e. The van der Waals surface area contributed by atoms with E-state index < -0.39 is 0 Å². The first kappa shape index (κ1) is 20.1. The fourth-order valence-corrected chi connectivity index (χ4v) is 4.23. The molecule has 146 valence electrons. The first-order valence-corrected chi connectivity index (χ1v) is 11.0. The van der Waals surface area contributed by atoms with E-state index in [0.29, 0.717) is 29.5 Å². The largest absolute Gasteiger partial charge is 0.303 e. The third-order valence-corrected chi connectivity index (χ3v) is 6.06. The number of aromatic nitrogens is 3. The van der Waals surface area contributed by atoms with Gasteiger partial charge in [0, 0.05) is 17.5 Å². The highest BCUT2D eigenvalue weighted by atomic mass is 32.2. The summed E-state index contributed by atoms with van der Waals surface area (Å²) in [4.78, 5) is 13.0. The molecule has 0 bridgehead atoms. The number of thioether (sulfide) groups is 1. The average Bonchev–Trinajstić information content (AvgIpc) is 3.37. The van der Waals surface area contributed by atoms with Crippen LogP contribution in [0.25, 0.3) is 0 Å². The molecule has 0 unspecified atom stereocenters. The van der Waals surface area contributed by atoms with E-state index in [1.807, 2.05) is 6.07 Å². The van der Waals surface area contributed by atoms with Crippen LogP contribution in [0.15, 0.2) is 23.4 Å². The zero-order valence-corrected chi connectivity index (χ0v) is 18.1. The molecule has 5 heteroatoms. The van der Waals surface area contributed by atoms with Crippen molar-refractivity contribution in [2.75, 3.05) is 5.75 Å². The van der Waals surface area contributed by atoms with Gasteiger partial charge in [-0.15, -0.1) is 10.2 Å². The minimum atomic E-state index is 0.176. The van der Waals surface area contributed by atoms with Crippen molar-refractivity contribution >= 4 is 17.5 Å². The average molecular weight is 386 g/mol. The van der Waals surface area contributed by atoms with Gasteiger partial charge < -0.3 is 4.57 Å². The molecule has 0 aliphatic heterocycles. The highest BCUT2D eigenvalue weighted by Gasteiger charge is 2.30. The SMILES string of the molecule is CC(C)c1ccc(C(=O)CSc2nnc(C(C)C)n2C2CC2)c(C(C)C)c1. The van der Waals surface area contributed by atoms with Crippen LogP contribution in [0.4, 0.5) is 0 Å². The van der Waals surface area contributed by atoms with Crippen LogP contribution in [0.5, 0.6) is 0 Å². The standard InChI is InChI=1S/C22H31N3OS/c1-13(2)16-7-10-18(19(11-16)14(3)4)20(26)12-27-22-24-23-21(15(5)6)25(22)17-8-9-17/h7,10-11,13-15,17H,8-9,12H2,1-6H3. The lowest BCUT2D eigenvalue weighted by molar-refractivity contribution is 0.102. The molecular weight excluding hydrogens is 354 g/mol. The van der Waals surface area contributed by atoms with Gasteiger partial charge in [0.25, 0.3) is 0 Å². The van der Waals surface area contributed by atoms with Crippen LogP contribution in [0.3, 0.4) is 0 Å². The monoisotopic (exact) mass is 385 g/mol. The predicted molar refractivity (Wildman–Crippen MR) is 112 cm³/mol. The summed E-state index contributed by atoms with van der Waals surface area (Å²) in [6.07, 6.45) is 2.38. The van der Waals surface area contributed by atoms with E-state index in [4.69, 9.17) is 0 Å². The van der Waals surface area contributed by atoms with E-state index >= 15 is 0 Å². The lowest BCUT2D eigenvalue weighted by Gasteiger charge is -2.16. The van der Waals surface area contributed by atoms with Crippen LogP contribution in [-0.2, 0) is 0 Å². The second-order valence-corrected chi connectivity index (χ2v) is 9.41. The van der Waals surface area contributed by atoms with Gasteiger partial charge in [-0.05, 0) is 35.8 Å². The van der Waals surface area contributed by atoms with Crippen molar-refractivity contribution in [2.24, 2.45) is 0 Å². The van der Waals surface area contributed by atoms with E-state index in [1.54, 1.807) is 0 Å². The molecule has 0 radical (unpaired) electrons. The predicted octanol–water partition coefficient (Wildman–Crippen LogP) is 5.96. The summed E-state index contributed by atoms with van der Waals surface area (Å²) in [6.45, 7) is 13.0. The Hall–Kier alpha value is -1.62. The van der Waals surface area contributed by atoms with Crippen molar-refractivity contribution in [3.05, 3.63) is 40.7 Å². The lowest BCUT2D eigenvalue weighted by atomic mass is 9.90. The van der Waals surface area contributed by atoms with Crippen molar-refractivity contribution in [3.8, 4) is 0 Å². The molecule has 2 aromatic rings. The van der Waals surface area contributed by atoms with Crippen LogP contribution in [0.1, 0.15) is 105 Å². The van der Waals surface area contributed by atoms with Crippen molar-refractivity contribution < 1.29 is 4.79 Å². The normalized spacial score (nSPS) is 14.6. The quantitative estimate of drug-likeness (QED) is 0.415. The van der Waals surface area contributed by atoms with Crippen LogP contribution in [0.2, 0.25) is 0 Å². The Morgan fingerprint density at radius 1 is 1.07 bits per heavy atom. The molecule has 0 saturated heterocycles. The summed E-state index contributed by atoms with van der Waals surface area (Å²) in [5.74, 6) is 2.76. The summed E-state index contributed by atoms with van der Waals surface area (Å²) in [5, 5.41) is 9.66. The summed E-state index contributed by atoms with van der Waals surface area (Å²) >= 11 is 1.53. The summed E-state index contributed by atoms with van der Waals surface area (Å²) < 4.78 is 2.26. The second-order valence-electron chi connectivity index (χ2n) is 8.46. The number of hydrogen-bond acceptors (Lipinski definition) is 4. The number of benzene rings is 1. The molecule has 1 aliphatic carbocycles. The Balaban J connectivity index is 1.79. The molecule has 4 nitrogen and oxygen atoms in total. The van der Waals surface area contributed by atoms with Crippen LogP contribution < -0.4 is 0 Å². The van der Waals surface area contributed by atoms with Crippen molar-refractivity contribution in [2.45, 2.75) is 83.3 Å². The van der Waals surface area contributed by atoms with E-state index in [0.717, 1.165) is 22.1 Å². The zero-order chi connectivity index (χ0) is 19.7. The Kier molecular flexibility index (Phi) is 6.09. The molecule has 0 N–H and O–H groups in total. The third-order valence-electron chi connectivity index (χ3n) is 5.12. The molecule has 1 fully saturated rings. The Bertz CT molecular complexity index is 819. The van der Waals surface area contributed by atoms with Crippen LogP contribution in [0, 0.1) is 0 Å². The number of ketones is 1. The molecular formula is C22H31N3OS. The van der Waals surface area contributed by atoms with Gasteiger partial charge in [-0.25, -0.2) is 0 Å². The highest BCUT2D eigenvalue weighted by Crippen LogP contribution is 2.40. The minimum absolute atomic E-state index is 0.176. The summed E-state index contributed by atoms with van der Waals surface area (Å²) in [7, 11) is 0. The maximum absolute atomic E-state index is 13.0. The third kappa shape index (κ3) is 4.45. The topological polar surface area (TPSA) is 47.8 Å². The van der Waals surface area contributed by atoms with Crippen molar-refractivity contribution in [1.82, 2.24) is 14.8 Å². The van der Waals surface area contributed by atoms with Gasteiger partial charge in [-0.2, -0.15) is 0 Å². The van der Waals surface area contributed by atoms with E-state index in [2.05, 4.69) is 68.4 Å². The molecule has 1 saturated carbocycles. The van der Waals surface area contributed by atoms with E-state index in [9.17, 15) is 4.79 Å². The Morgan fingerprint density at radius 3 is 2.33 bits per heavy atom. The molecule has 1 aliphatic rings. The molecule has 0 atom stereocenters. The maximum Gasteiger partial charge on any atom is 0.191 e. The molecule has 1 heterocycles. The summed E-state index contributed by atoms with van der Waals surface area (Å²) in [6, 6.07) is 6.83. The molecule has 1 aromatic carbocycles. The molecule has 1 aromatic heterocycles. The van der Waals surface area contributed by atoms with Gasteiger partial charge in [0.2, 0.25) is 0 Å². The smallest absolute Gasteiger partial charge is 0.191 e. The van der Waals surface area contributed by atoms with Crippen molar-refractivity contribution in [3.63, 3.8) is 0 Å². The van der Waals surface area contributed by atoms with E-state index in [-0.39, 0.29) is 5.78 Å². The van der Waals surface area contributed by atoms with Crippen molar-refractivity contribution in [1.29, 1.82) is 0 Å². The number of carbonyl (C=O) groups is 1. The van der Waals surface area contributed by atoms with Gasteiger partial charge in [0.15, 0.2) is 10.9 Å². The highest BCUT2D eigenvalue weighted by molar-refractivity contribution is 7.99. The van der Waals surface area contributed by atoms with Gasteiger partial charge >= 0.3 is 0 Å². The first-order chi connectivity index (χ1) is 12.8. The van der Waals surface area contributed by atoms with E-state index in [1.165, 1.54) is 30.2 Å². The number of hydrogen-bond donors (Lipinski definition) is 0. The Labute approximate surface area is 167 Å². The molecule has 27 heavy (non-hydrogen) atoms. The van der Waals surface area contributed by atoms with Crippen LogP contribution >= 0.6 is 11.8 Å². The molecule has 3 rings (SSSR count). The second kappa shape index (κ2) is 8.17. The Morgan fingerprint density at radius 2 is 1.78 bits per heavy atom. The van der Waals surface area contributed by atoms with Gasteiger partial charge in [-0.3, -0.25) is 4.79 Å². The number of carbonyl (C=O) groups excluding carboxylic acids is 1. The van der Waals surface area contributed by atoms with Gasteiger partial charge in [0.1, 0.15) is 5.82 Å². The number of nitrogens with zero attached hydrogens (tertiary/aromatic N) is 3. The molecule has 0 amide bonds. The molecule has 0 spiro atoms. The summed E-state index contributed by atoms with van der Waals surface area (Å²) in [5.41, 5.74) is 3.29. The fourth-order valence-electron chi connectivity index (χ4n) is 3.34. The van der Waals surface area contributed by atoms with Gasteiger partial charge in [-0.1, -0.05) is 71.5 Å². The fraction of sp³-hybridized carbons (Fsp3) is 0.591. The van der Waals surface area contributed by atoms with Gasteiger partial charge in [0.05, 0.1) is 5.75 Å². The first-order valence-electron chi connectivity index (χ1n) is 10.0. The number of Topliss-reactive ketones (excluding diaryl/α,β-unsaturated/α-hetero) is 1. The number of rotatable bonds is 8. The van der Waals surface area contributed by atoms with Crippen LogP contribution in [-0.4, -0.2) is 26.3 Å². The lowest BCUT2D eigenvalue weighted by Crippen LogP contribution is -2.10.